The summed E-state index contributed by atoms with van der Waals surface area (Å²) in [6.45, 7) is 0. The third-order valence-electron chi connectivity index (χ3n) is 1.85. The molecule has 0 aliphatic rings. The second-order valence-electron chi connectivity index (χ2n) is 2.92. The summed E-state index contributed by atoms with van der Waals surface area (Å²) in [5.41, 5.74) is -6.85. The first kappa shape index (κ1) is 13.1. The molecular weight excluding hydrogens is 253 g/mol. The molecule has 0 saturated carbocycles. The van der Waals surface area contributed by atoms with Crippen LogP contribution in [-0.4, -0.2) is 16.1 Å². The van der Waals surface area contributed by atoms with Crippen LogP contribution in [0.4, 0.5) is 22.0 Å². The third kappa shape index (κ3) is 2.43. The number of hydrogen-bond donors (Lipinski definition) is 2. The molecular formula is C8H4F5NO3. The number of carboxylic acid groups (broad SMARTS) is 1. The van der Waals surface area contributed by atoms with Crippen molar-refractivity contribution < 1.29 is 31.9 Å². The van der Waals surface area contributed by atoms with E-state index in [0.29, 0.717) is 0 Å². The van der Waals surface area contributed by atoms with Crippen molar-refractivity contribution in [3.05, 3.63) is 33.2 Å². The number of nitrogens with one attached hydrogen (secondary N) is 1. The Bertz CT molecular complexity index is 505. The molecule has 0 fully saturated rings. The van der Waals surface area contributed by atoms with E-state index in [1.54, 1.807) is 0 Å². The summed E-state index contributed by atoms with van der Waals surface area (Å²) < 4.78 is 61.5. The SMILES string of the molecule is O=C(O)c1c[nH]c(C(F)(F)F)c(C(F)F)c1=O. The van der Waals surface area contributed by atoms with Crippen LogP contribution in [0.25, 0.3) is 0 Å². The van der Waals surface area contributed by atoms with Gasteiger partial charge in [0.25, 0.3) is 6.43 Å². The van der Waals surface area contributed by atoms with Crippen molar-refractivity contribution in [2.75, 3.05) is 0 Å². The van der Waals surface area contributed by atoms with Crippen LogP contribution in [0.5, 0.6) is 0 Å². The van der Waals surface area contributed by atoms with E-state index in [1.807, 2.05) is 0 Å². The molecule has 0 spiro atoms. The Morgan fingerprint density at radius 1 is 1.35 bits per heavy atom. The zero-order valence-electron chi connectivity index (χ0n) is 7.81. The van der Waals surface area contributed by atoms with Crippen LogP contribution < -0.4 is 5.43 Å². The zero-order valence-corrected chi connectivity index (χ0v) is 7.81. The predicted octanol–water partition coefficient (Wildman–Crippen LogP) is 2.03. The maximum absolute atomic E-state index is 12.3. The highest BCUT2D eigenvalue weighted by molar-refractivity contribution is 5.87. The number of aromatic carboxylic acids is 1. The molecule has 0 unspecified atom stereocenters. The van der Waals surface area contributed by atoms with Crippen LogP contribution in [0.15, 0.2) is 11.0 Å². The molecule has 1 heterocycles. The first-order chi connectivity index (χ1) is 7.66. The van der Waals surface area contributed by atoms with Gasteiger partial charge >= 0.3 is 12.1 Å². The Balaban J connectivity index is 3.63. The lowest BCUT2D eigenvalue weighted by Gasteiger charge is -2.11. The van der Waals surface area contributed by atoms with E-state index < -0.39 is 40.8 Å². The number of alkyl halides is 5. The molecule has 0 amide bonds. The fraction of sp³-hybridized carbons (Fsp3) is 0.250. The highest BCUT2D eigenvalue weighted by Gasteiger charge is 2.39. The van der Waals surface area contributed by atoms with E-state index in [-0.39, 0.29) is 6.20 Å². The Morgan fingerprint density at radius 3 is 2.24 bits per heavy atom. The summed E-state index contributed by atoms with van der Waals surface area (Å²) in [5.74, 6) is -1.89. The highest BCUT2D eigenvalue weighted by Crippen LogP contribution is 2.33. The number of H-pyrrole nitrogens is 1. The first-order valence-electron chi connectivity index (χ1n) is 4.00. The monoisotopic (exact) mass is 257 g/mol. The number of aromatic amines is 1. The van der Waals surface area contributed by atoms with E-state index in [2.05, 4.69) is 0 Å². The zero-order chi connectivity index (χ0) is 13.4. The molecule has 0 aliphatic heterocycles. The standard InChI is InChI=1S/C8H4F5NO3/c9-6(10)3-4(15)2(7(16)17)1-14-5(3)8(11,12)13/h1,6H,(H,14,15)(H,16,17). The lowest BCUT2D eigenvalue weighted by molar-refractivity contribution is -0.143. The van der Waals surface area contributed by atoms with Gasteiger partial charge in [0.05, 0.1) is 5.56 Å². The fourth-order valence-electron chi connectivity index (χ4n) is 1.15. The van der Waals surface area contributed by atoms with Gasteiger partial charge in [0.2, 0.25) is 5.43 Å². The molecule has 0 atom stereocenters. The minimum absolute atomic E-state index is 0.235. The lowest BCUT2D eigenvalue weighted by Crippen LogP contribution is -2.25. The largest absolute Gasteiger partial charge is 0.477 e. The lowest BCUT2D eigenvalue weighted by atomic mass is 10.1. The van der Waals surface area contributed by atoms with Crippen LogP contribution in [-0.2, 0) is 6.18 Å². The molecule has 1 aromatic rings. The van der Waals surface area contributed by atoms with Crippen LogP contribution >= 0.6 is 0 Å². The van der Waals surface area contributed by atoms with E-state index in [0.717, 1.165) is 0 Å². The molecule has 1 aromatic heterocycles. The quantitative estimate of drug-likeness (QED) is 0.796. The number of pyridine rings is 1. The minimum Gasteiger partial charge on any atom is -0.477 e. The van der Waals surface area contributed by atoms with E-state index >= 15 is 0 Å². The van der Waals surface area contributed by atoms with Crippen LogP contribution in [0.2, 0.25) is 0 Å². The Hall–Kier alpha value is -1.93. The molecule has 94 valence electrons. The number of carboxylic acids is 1. The van der Waals surface area contributed by atoms with Crippen molar-refractivity contribution in [3.8, 4) is 0 Å². The number of carbonyl (C=O) groups is 1. The highest BCUT2D eigenvalue weighted by atomic mass is 19.4. The normalized spacial score (nSPS) is 11.9. The molecule has 0 bridgehead atoms. The van der Waals surface area contributed by atoms with Gasteiger partial charge in [-0.3, -0.25) is 4.79 Å². The van der Waals surface area contributed by atoms with Gasteiger partial charge in [0.1, 0.15) is 11.3 Å². The Morgan fingerprint density at radius 2 is 1.88 bits per heavy atom. The van der Waals surface area contributed by atoms with Crippen molar-refractivity contribution in [3.63, 3.8) is 0 Å². The smallest absolute Gasteiger partial charge is 0.431 e. The second-order valence-corrected chi connectivity index (χ2v) is 2.92. The van der Waals surface area contributed by atoms with Gasteiger partial charge in [0, 0.05) is 6.20 Å². The van der Waals surface area contributed by atoms with E-state index in [9.17, 15) is 31.5 Å². The molecule has 0 aliphatic carbocycles. The second kappa shape index (κ2) is 4.15. The fourth-order valence-corrected chi connectivity index (χ4v) is 1.15. The van der Waals surface area contributed by atoms with Crippen LogP contribution in [0.1, 0.15) is 28.0 Å². The van der Waals surface area contributed by atoms with Crippen molar-refractivity contribution in [2.45, 2.75) is 12.6 Å². The number of aromatic nitrogens is 1. The van der Waals surface area contributed by atoms with Gasteiger partial charge < -0.3 is 10.1 Å². The summed E-state index contributed by atoms with van der Waals surface area (Å²) in [6, 6.07) is 0. The molecule has 2 N–H and O–H groups in total. The summed E-state index contributed by atoms with van der Waals surface area (Å²) in [5, 5.41) is 8.42. The van der Waals surface area contributed by atoms with Gasteiger partial charge in [-0.15, -0.1) is 0 Å². The maximum atomic E-state index is 12.3. The maximum Gasteiger partial charge on any atom is 0.431 e. The van der Waals surface area contributed by atoms with Gasteiger partial charge in [-0.05, 0) is 0 Å². The first-order valence-corrected chi connectivity index (χ1v) is 4.00. The summed E-state index contributed by atoms with van der Waals surface area (Å²) >= 11 is 0. The molecule has 0 radical (unpaired) electrons. The van der Waals surface area contributed by atoms with Crippen molar-refractivity contribution >= 4 is 5.97 Å². The van der Waals surface area contributed by atoms with Crippen LogP contribution in [0.3, 0.4) is 0 Å². The minimum atomic E-state index is -5.19. The van der Waals surface area contributed by atoms with Crippen molar-refractivity contribution in [1.29, 1.82) is 0 Å². The Labute approximate surface area is 89.7 Å². The van der Waals surface area contributed by atoms with Gasteiger partial charge in [0.15, 0.2) is 0 Å². The van der Waals surface area contributed by atoms with Gasteiger partial charge in [-0.1, -0.05) is 0 Å². The molecule has 4 nitrogen and oxygen atoms in total. The topological polar surface area (TPSA) is 70.2 Å². The van der Waals surface area contributed by atoms with Crippen molar-refractivity contribution in [2.24, 2.45) is 0 Å². The molecule has 0 saturated heterocycles. The molecule has 17 heavy (non-hydrogen) atoms. The third-order valence-corrected chi connectivity index (χ3v) is 1.85. The molecule has 0 aromatic carbocycles. The van der Waals surface area contributed by atoms with Crippen molar-refractivity contribution in [1.82, 2.24) is 4.98 Å². The van der Waals surface area contributed by atoms with Crippen LogP contribution in [0, 0.1) is 0 Å². The summed E-state index contributed by atoms with van der Waals surface area (Å²) in [6.07, 6.45) is -8.68. The van der Waals surface area contributed by atoms with E-state index in [1.165, 1.54) is 4.98 Å². The summed E-state index contributed by atoms with van der Waals surface area (Å²) in [7, 11) is 0. The Kier molecular flexibility index (Phi) is 3.21. The summed E-state index contributed by atoms with van der Waals surface area (Å²) in [4.78, 5) is 22.9. The molecule has 9 heteroatoms. The van der Waals surface area contributed by atoms with Gasteiger partial charge in [-0.2, -0.15) is 13.2 Å². The predicted molar refractivity (Wildman–Crippen MR) is 44.0 cm³/mol. The number of rotatable bonds is 2. The van der Waals surface area contributed by atoms with E-state index in [4.69, 9.17) is 5.11 Å². The number of halogens is 5. The number of hydrogen-bond acceptors (Lipinski definition) is 2. The average molecular weight is 257 g/mol. The van der Waals surface area contributed by atoms with Gasteiger partial charge in [-0.25, -0.2) is 13.6 Å². The molecule has 1 rings (SSSR count). The average Bonchev–Trinajstić information content (AvgIpc) is 2.14.